The number of hydrogen-bond donors (Lipinski definition) is 1. The first-order chi connectivity index (χ1) is 8.20. The van der Waals surface area contributed by atoms with Crippen molar-refractivity contribution < 1.29 is 14.3 Å². The van der Waals surface area contributed by atoms with Crippen LogP contribution >= 0.6 is 11.3 Å². The zero-order chi connectivity index (χ0) is 12.3. The number of benzene rings is 1. The van der Waals surface area contributed by atoms with E-state index in [-0.39, 0.29) is 12.5 Å². The summed E-state index contributed by atoms with van der Waals surface area (Å²) in [4.78, 5) is 23.2. The fraction of sp³-hybridized carbons (Fsp3) is 0.167. The number of thiophene rings is 1. The molecule has 2 rings (SSSR count). The van der Waals surface area contributed by atoms with E-state index in [0.29, 0.717) is 4.88 Å². The minimum absolute atomic E-state index is 0.108. The van der Waals surface area contributed by atoms with Crippen molar-refractivity contribution in [1.82, 2.24) is 5.32 Å². The van der Waals surface area contributed by atoms with Gasteiger partial charge in [-0.3, -0.25) is 9.59 Å². The second-order valence-electron chi connectivity index (χ2n) is 3.41. The van der Waals surface area contributed by atoms with Gasteiger partial charge in [0, 0.05) is 4.70 Å². The van der Waals surface area contributed by atoms with Gasteiger partial charge >= 0.3 is 5.97 Å². The second kappa shape index (κ2) is 4.97. The number of nitrogens with one attached hydrogen (secondary N) is 1. The molecule has 17 heavy (non-hydrogen) atoms. The lowest BCUT2D eigenvalue weighted by Gasteiger charge is -2.00. The molecule has 4 nitrogen and oxygen atoms in total. The Kier molecular flexibility index (Phi) is 3.39. The minimum Gasteiger partial charge on any atom is -0.468 e. The maximum atomic E-state index is 11.7. The third-order valence-corrected chi connectivity index (χ3v) is 3.39. The first kappa shape index (κ1) is 11.6. The van der Waals surface area contributed by atoms with Gasteiger partial charge in [0.2, 0.25) is 0 Å². The maximum Gasteiger partial charge on any atom is 0.325 e. The Morgan fingerprint density at radius 3 is 2.82 bits per heavy atom. The van der Waals surface area contributed by atoms with Gasteiger partial charge in [0.05, 0.1) is 12.0 Å². The van der Waals surface area contributed by atoms with Gasteiger partial charge in [-0.05, 0) is 17.5 Å². The minimum atomic E-state index is -0.459. The third-order valence-electron chi connectivity index (χ3n) is 2.27. The van der Waals surface area contributed by atoms with Crippen LogP contribution in [0.25, 0.3) is 10.1 Å². The summed E-state index contributed by atoms with van der Waals surface area (Å²) < 4.78 is 5.50. The highest BCUT2D eigenvalue weighted by Gasteiger charge is 2.11. The third kappa shape index (κ3) is 2.62. The van der Waals surface area contributed by atoms with Crippen molar-refractivity contribution in [3.8, 4) is 0 Å². The Morgan fingerprint density at radius 1 is 1.35 bits per heavy atom. The first-order valence-electron chi connectivity index (χ1n) is 5.04. The van der Waals surface area contributed by atoms with Gasteiger partial charge in [-0.1, -0.05) is 18.2 Å². The van der Waals surface area contributed by atoms with E-state index in [1.54, 1.807) is 0 Å². The smallest absolute Gasteiger partial charge is 0.325 e. The molecule has 0 radical (unpaired) electrons. The number of hydrogen-bond acceptors (Lipinski definition) is 4. The molecule has 0 saturated carbocycles. The van der Waals surface area contributed by atoms with Gasteiger partial charge in [0.15, 0.2) is 0 Å². The number of rotatable bonds is 3. The number of ether oxygens (including phenoxy) is 1. The Morgan fingerprint density at radius 2 is 2.12 bits per heavy atom. The van der Waals surface area contributed by atoms with Crippen LogP contribution in [0.4, 0.5) is 0 Å². The van der Waals surface area contributed by atoms with Crippen molar-refractivity contribution in [1.29, 1.82) is 0 Å². The van der Waals surface area contributed by atoms with Crippen molar-refractivity contribution in [2.45, 2.75) is 0 Å². The topological polar surface area (TPSA) is 55.4 Å². The van der Waals surface area contributed by atoms with E-state index in [9.17, 15) is 9.59 Å². The highest BCUT2D eigenvalue weighted by atomic mass is 32.1. The molecular formula is C12H11NO3S. The van der Waals surface area contributed by atoms with Gasteiger partial charge in [0.25, 0.3) is 5.91 Å². The van der Waals surface area contributed by atoms with Gasteiger partial charge in [-0.25, -0.2) is 0 Å². The van der Waals surface area contributed by atoms with E-state index in [1.165, 1.54) is 18.4 Å². The molecule has 0 bridgehead atoms. The normalized spacial score (nSPS) is 10.2. The number of carbonyl (C=O) groups excluding carboxylic acids is 2. The Hall–Kier alpha value is -1.88. The molecule has 1 aromatic carbocycles. The van der Waals surface area contributed by atoms with Gasteiger partial charge in [0.1, 0.15) is 6.54 Å². The monoisotopic (exact) mass is 249 g/mol. The predicted octanol–water partition coefficient (Wildman–Crippen LogP) is 1.80. The van der Waals surface area contributed by atoms with Crippen molar-refractivity contribution >= 4 is 33.3 Å². The number of methoxy groups -OCH3 is 1. The van der Waals surface area contributed by atoms with Crippen LogP contribution in [0, 0.1) is 0 Å². The Labute approximate surface area is 102 Å². The first-order valence-corrected chi connectivity index (χ1v) is 5.86. The molecule has 5 heteroatoms. The van der Waals surface area contributed by atoms with Gasteiger partial charge < -0.3 is 10.1 Å². The summed E-state index contributed by atoms with van der Waals surface area (Å²) in [5.41, 5.74) is 0. The molecule has 1 amide bonds. The van der Waals surface area contributed by atoms with Crippen LogP contribution in [-0.2, 0) is 9.53 Å². The largest absolute Gasteiger partial charge is 0.468 e. The predicted molar refractivity (Wildman–Crippen MR) is 66.2 cm³/mol. The molecule has 0 atom stereocenters. The highest BCUT2D eigenvalue weighted by Crippen LogP contribution is 2.24. The summed E-state index contributed by atoms with van der Waals surface area (Å²) in [5.74, 6) is -0.712. The maximum absolute atomic E-state index is 11.7. The average molecular weight is 249 g/mol. The lowest BCUT2D eigenvalue weighted by atomic mass is 10.2. The standard InChI is InChI=1S/C12H11NO3S/c1-16-11(14)7-13-12(15)10-6-8-4-2-3-5-9(8)17-10/h2-6H,7H2,1H3,(H,13,15). The lowest BCUT2D eigenvalue weighted by Crippen LogP contribution is -2.29. The fourth-order valence-electron chi connectivity index (χ4n) is 1.41. The lowest BCUT2D eigenvalue weighted by molar-refractivity contribution is -0.139. The van der Waals surface area contributed by atoms with Crippen molar-refractivity contribution in [3.05, 3.63) is 35.2 Å². The van der Waals surface area contributed by atoms with E-state index >= 15 is 0 Å². The molecule has 1 heterocycles. The van der Waals surface area contributed by atoms with E-state index in [2.05, 4.69) is 10.1 Å². The SMILES string of the molecule is COC(=O)CNC(=O)c1cc2ccccc2s1. The molecule has 1 aromatic heterocycles. The zero-order valence-corrected chi connectivity index (χ0v) is 10.0. The van der Waals surface area contributed by atoms with E-state index in [1.807, 2.05) is 30.3 Å². The number of esters is 1. The molecule has 0 aliphatic carbocycles. The van der Waals surface area contributed by atoms with Crippen molar-refractivity contribution in [3.63, 3.8) is 0 Å². The summed E-state index contributed by atoms with van der Waals surface area (Å²) in [7, 11) is 1.29. The van der Waals surface area contributed by atoms with Crippen LogP contribution < -0.4 is 5.32 Å². The van der Waals surface area contributed by atoms with Crippen LogP contribution in [0.3, 0.4) is 0 Å². The van der Waals surface area contributed by atoms with Gasteiger partial charge in [-0.15, -0.1) is 11.3 Å². The van der Waals surface area contributed by atoms with Crippen LogP contribution in [0.15, 0.2) is 30.3 Å². The number of carbonyl (C=O) groups is 2. The highest BCUT2D eigenvalue weighted by molar-refractivity contribution is 7.20. The summed E-state index contributed by atoms with van der Waals surface area (Å²) in [5, 5.41) is 3.54. The quantitative estimate of drug-likeness (QED) is 0.844. The molecule has 0 aliphatic rings. The molecule has 88 valence electrons. The van der Waals surface area contributed by atoms with E-state index < -0.39 is 5.97 Å². The van der Waals surface area contributed by atoms with E-state index in [0.717, 1.165) is 10.1 Å². The van der Waals surface area contributed by atoms with Crippen LogP contribution in [-0.4, -0.2) is 25.5 Å². The Balaban J connectivity index is 2.11. The molecule has 0 unspecified atom stereocenters. The second-order valence-corrected chi connectivity index (χ2v) is 4.49. The average Bonchev–Trinajstić information content (AvgIpc) is 2.79. The molecule has 0 aliphatic heterocycles. The molecule has 1 N–H and O–H groups in total. The van der Waals surface area contributed by atoms with Crippen molar-refractivity contribution in [2.24, 2.45) is 0 Å². The van der Waals surface area contributed by atoms with Crippen molar-refractivity contribution in [2.75, 3.05) is 13.7 Å². The van der Waals surface area contributed by atoms with Crippen LogP contribution in [0.1, 0.15) is 9.67 Å². The molecule has 0 fully saturated rings. The molecule has 0 spiro atoms. The van der Waals surface area contributed by atoms with Crippen LogP contribution in [0.5, 0.6) is 0 Å². The fourth-order valence-corrected chi connectivity index (χ4v) is 2.38. The molecule has 0 saturated heterocycles. The number of fused-ring (bicyclic) bond motifs is 1. The summed E-state index contributed by atoms with van der Waals surface area (Å²) in [6.45, 7) is -0.108. The zero-order valence-electron chi connectivity index (χ0n) is 9.23. The summed E-state index contributed by atoms with van der Waals surface area (Å²) in [6, 6.07) is 9.56. The summed E-state index contributed by atoms with van der Waals surface area (Å²) in [6.07, 6.45) is 0. The Bertz CT molecular complexity index is 529. The molecule has 2 aromatic rings. The number of amides is 1. The van der Waals surface area contributed by atoms with Gasteiger partial charge in [-0.2, -0.15) is 0 Å². The summed E-state index contributed by atoms with van der Waals surface area (Å²) >= 11 is 1.40. The van der Waals surface area contributed by atoms with Crippen LogP contribution in [0.2, 0.25) is 0 Å². The molecular weight excluding hydrogens is 238 g/mol. The van der Waals surface area contributed by atoms with E-state index in [4.69, 9.17) is 0 Å².